The van der Waals surface area contributed by atoms with Crippen molar-refractivity contribution in [3.63, 3.8) is 0 Å². The van der Waals surface area contributed by atoms with Crippen molar-refractivity contribution in [1.82, 2.24) is 4.98 Å². The molecule has 21 heavy (non-hydrogen) atoms. The highest BCUT2D eigenvalue weighted by molar-refractivity contribution is 5.97. The van der Waals surface area contributed by atoms with E-state index in [4.69, 9.17) is 5.73 Å². The summed E-state index contributed by atoms with van der Waals surface area (Å²) < 4.78 is 0. The lowest BCUT2D eigenvalue weighted by Crippen LogP contribution is -2.27. The topological polar surface area (TPSA) is 63.3 Å². The summed E-state index contributed by atoms with van der Waals surface area (Å²) in [7, 11) is 0. The molecule has 1 aromatic heterocycles. The molecule has 0 spiro atoms. The highest BCUT2D eigenvalue weighted by atomic mass is 14.9. The predicted octanol–water partition coefficient (Wildman–Crippen LogP) is 3.25. The Kier molecular flexibility index (Phi) is 2.88. The lowest BCUT2D eigenvalue weighted by Gasteiger charge is -2.28. The average molecular weight is 278 g/mol. The smallest absolute Gasteiger partial charge is 0.126 e. The van der Waals surface area contributed by atoms with Crippen LogP contribution >= 0.6 is 0 Å². The molecule has 1 aliphatic carbocycles. The van der Waals surface area contributed by atoms with Gasteiger partial charge in [-0.2, -0.15) is 0 Å². The average Bonchev–Trinajstić information content (AvgIpc) is 2.96. The van der Waals surface area contributed by atoms with Crippen LogP contribution in [0.3, 0.4) is 0 Å². The van der Waals surface area contributed by atoms with E-state index in [9.17, 15) is 0 Å². The Morgan fingerprint density at radius 1 is 1.19 bits per heavy atom. The van der Waals surface area contributed by atoms with E-state index in [0.29, 0.717) is 11.9 Å². The summed E-state index contributed by atoms with van der Waals surface area (Å²) in [6.07, 6.45) is 7.71. The van der Waals surface area contributed by atoms with Gasteiger partial charge in [0.05, 0.1) is 12.1 Å². The molecule has 2 aromatic rings. The van der Waals surface area contributed by atoms with Crippen molar-refractivity contribution in [2.24, 2.45) is 4.99 Å². The summed E-state index contributed by atoms with van der Waals surface area (Å²) >= 11 is 0. The maximum absolute atomic E-state index is 5.97. The summed E-state index contributed by atoms with van der Waals surface area (Å²) in [5.74, 6) is 0.568. The quantitative estimate of drug-likeness (QED) is 0.906. The molecule has 3 N–H and O–H groups in total. The summed E-state index contributed by atoms with van der Waals surface area (Å²) in [5, 5.41) is 4.73. The standard InChI is InChI=1S/C17H18N4/c18-17-9-16(20-13-2-1-3-13)14-5-4-11(8-15(14)21-17)12-6-7-19-10-12/h4-9,13H,1-3,10H2,(H3,18,20,21). The molecule has 0 atom stereocenters. The highest BCUT2D eigenvalue weighted by Crippen LogP contribution is 2.31. The largest absolute Gasteiger partial charge is 0.384 e. The van der Waals surface area contributed by atoms with Crippen molar-refractivity contribution in [1.29, 1.82) is 0 Å². The van der Waals surface area contributed by atoms with Crippen LogP contribution in [0.5, 0.6) is 0 Å². The van der Waals surface area contributed by atoms with E-state index in [-0.39, 0.29) is 0 Å². The number of hydrogen-bond acceptors (Lipinski definition) is 4. The lowest BCUT2D eigenvalue weighted by atomic mass is 9.92. The molecule has 1 aromatic carbocycles. The minimum atomic E-state index is 0.568. The zero-order valence-electron chi connectivity index (χ0n) is 11.8. The van der Waals surface area contributed by atoms with Gasteiger partial charge in [0.15, 0.2) is 0 Å². The summed E-state index contributed by atoms with van der Waals surface area (Å²) in [6.45, 7) is 0.751. The van der Waals surface area contributed by atoms with Crippen LogP contribution in [-0.4, -0.2) is 23.8 Å². The van der Waals surface area contributed by atoms with Crippen LogP contribution in [0, 0.1) is 0 Å². The zero-order valence-corrected chi connectivity index (χ0v) is 11.8. The van der Waals surface area contributed by atoms with Crippen LogP contribution in [0.15, 0.2) is 35.3 Å². The second-order valence-corrected chi connectivity index (χ2v) is 5.78. The van der Waals surface area contributed by atoms with E-state index < -0.39 is 0 Å². The molecular formula is C17H18N4. The Hall–Kier alpha value is -2.36. The number of nitrogen functional groups attached to an aromatic ring is 1. The molecule has 4 heteroatoms. The number of aromatic nitrogens is 1. The monoisotopic (exact) mass is 278 g/mol. The van der Waals surface area contributed by atoms with Gasteiger partial charge in [0, 0.05) is 29.4 Å². The summed E-state index contributed by atoms with van der Waals surface area (Å²) in [5.41, 5.74) is 10.4. The molecule has 0 radical (unpaired) electrons. The van der Waals surface area contributed by atoms with Crippen LogP contribution in [0.25, 0.3) is 16.5 Å². The number of pyridine rings is 1. The Morgan fingerprint density at radius 2 is 2.10 bits per heavy atom. The van der Waals surface area contributed by atoms with Crippen LogP contribution in [0.4, 0.5) is 11.5 Å². The molecule has 4 rings (SSSR count). The van der Waals surface area contributed by atoms with Gasteiger partial charge in [0.2, 0.25) is 0 Å². The van der Waals surface area contributed by atoms with Gasteiger partial charge < -0.3 is 11.1 Å². The van der Waals surface area contributed by atoms with Gasteiger partial charge in [0.25, 0.3) is 0 Å². The number of nitrogens with two attached hydrogens (primary N) is 1. The van der Waals surface area contributed by atoms with Crippen LogP contribution in [0.1, 0.15) is 24.8 Å². The SMILES string of the molecule is Nc1cc(NC2CCC2)c2ccc(C3=CC=NC3)cc2n1. The van der Waals surface area contributed by atoms with E-state index in [1.807, 2.05) is 12.3 Å². The lowest BCUT2D eigenvalue weighted by molar-refractivity contribution is 0.446. The first-order chi connectivity index (χ1) is 10.3. The van der Waals surface area contributed by atoms with Gasteiger partial charge in [-0.3, -0.25) is 4.99 Å². The number of rotatable bonds is 3. The number of aliphatic imine (C=N–C) groups is 1. The normalized spacial score (nSPS) is 17.8. The minimum Gasteiger partial charge on any atom is -0.384 e. The third-order valence-corrected chi connectivity index (χ3v) is 4.31. The van der Waals surface area contributed by atoms with Crippen molar-refractivity contribution in [3.05, 3.63) is 35.9 Å². The highest BCUT2D eigenvalue weighted by Gasteiger charge is 2.18. The van der Waals surface area contributed by atoms with Gasteiger partial charge in [0.1, 0.15) is 5.82 Å². The first-order valence-corrected chi connectivity index (χ1v) is 7.46. The second-order valence-electron chi connectivity index (χ2n) is 5.78. The Morgan fingerprint density at radius 3 is 2.81 bits per heavy atom. The van der Waals surface area contributed by atoms with Crippen LogP contribution in [0.2, 0.25) is 0 Å². The maximum atomic E-state index is 5.97. The van der Waals surface area contributed by atoms with Crippen molar-refractivity contribution in [2.75, 3.05) is 17.6 Å². The van der Waals surface area contributed by atoms with E-state index in [2.05, 4.69) is 39.6 Å². The summed E-state index contributed by atoms with van der Waals surface area (Å²) in [6, 6.07) is 8.92. The van der Waals surface area contributed by atoms with E-state index >= 15 is 0 Å². The molecule has 106 valence electrons. The van der Waals surface area contributed by atoms with E-state index in [0.717, 1.165) is 23.1 Å². The molecule has 1 fully saturated rings. The van der Waals surface area contributed by atoms with E-state index in [1.165, 1.54) is 30.4 Å². The first-order valence-electron chi connectivity index (χ1n) is 7.46. The van der Waals surface area contributed by atoms with Gasteiger partial charge in [-0.1, -0.05) is 12.1 Å². The first kappa shape index (κ1) is 12.4. The number of nitrogens with zero attached hydrogens (tertiary/aromatic N) is 2. The number of fused-ring (bicyclic) bond motifs is 1. The molecule has 0 amide bonds. The fourth-order valence-corrected chi connectivity index (χ4v) is 2.87. The molecule has 1 aliphatic heterocycles. The number of hydrogen-bond donors (Lipinski definition) is 2. The number of nitrogens with one attached hydrogen (secondary N) is 1. The molecule has 4 nitrogen and oxygen atoms in total. The van der Waals surface area contributed by atoms with Crippen molar-refractivity contribution in [3.8, 4) is 0 Å². The summed E-state index contributed by atoms with van der Waals surface area (Å²) in [4.78, 5) is 8.73. The van der Waals surface area contributed by atoms with Gasteiger partial charge in [-0.25, -0.2) is 4.98 Å². The third kappa shape index (κ3) is 2.27. The van der Waals surface area contributed by atoms with Gasteiger partial charge in [-0.15, -0.1) is 0 Å². The zero-order chi connectivity index (χ0) is 14.2. The van der Waals surface area contributed by atoms with Crippen molar-refractivity contribution < 1.29 is 0 Å². The maximum Gasteiger partial charge on any atom is 0.126 e. The molecule has 0 saturated heterocycles. The predicted molar refractivity (Wildman–Crippen MR) is 88.8 cm³/mol. The molecule has 1 saturated carbocycles. The van der Waals surface area contributed by atoms with Gasteiger partial charge in [-0.05, 0) is 42.5 Å². The number of anilines is 2. The van der Waals surface area contributed by atoms with Crippen molar-refractivity contribution >= 4 is 34.2 Å². The molecule has 0 bridgehead atoms. The molecular weight excluding hydrogens is 260 g/mol. The molecule has 2 heterocycles. The molecule has 0 unspecified atom stereocenters. The third-order valence-electron chi connectivity index (χ3n) is 4.31. The second kappa shape index (κ2) is 4.88. The van der Waals surface area contributed by atoms with E-state index in [1.54, 1.807) is 0 Å². The Balaban J connectivity index is 1.76. The van der Waals surface area contributed by atoms with Gasteiger partial charge >= 0.3 is 0 Å². The number of allylic oxidation sites excluding steroid dienone is 1. The Bertz CT molecular complexity index is 757. The minimum absolute atomic E-state index is 0.568. The Labute approximate surface area is 123 Å². The van der Waals surface area contributed by atoms with Crippen LogP contribution in [-0.2, 0) is 0 Å². The fraction of sp³-hybridized carbons (Fsp3) is 0.294. The fourth-order valence-electron chi connectivity index (χ4n) is 2.87. The number of benzene rings is 1. The van der Waals surface area contributed by atoms with Crippen molar-refractivity contribution in [2.45, 2.75) is 25.3 Å². The molecule has 2 aliphatic rings. The van der Waals surface area contributed by atoms with Crippen LogP contribution < -0.4 is 11.1 Å².